The van der Waals surface area contributed by atoms with Gasteiger partial charge in [-0.1, -0.05) is 6.07 Å². The van der Waals surface area contributed by atoms with E-state index in [-0.39, 0.29) is 0 Å². The first-order chi connectivity index (χ1) is 6.29. The normalized spacial score (nSPS) is 23.7. The van der Waals surface area contributed by atoms with Crippen LogP contribution >= 0.6 is 0 Å². The topological polar surface area (TPSA) is 16.1 Å². The number of hydrogen-bond acceptors (Lipinski definition) is 2. The van der Waals surface area contributed by atoms with Gasteiger partial charge < -0.3 is 0 Å². The maximum Gasteiger partial charge on any atom is 0.0604 e. The summed E-state index contributed by atoms with van der Waals surface area (Å²) in [5.41, 5.74) is 2.59. The van der Waals surface area contributed by atoms with Crippen molar-refractivity contribution in [3.05, 3.63) is 29.6 Å². The molecule has 0 amide bonds. The molecule has 0 aromatic carbocycles. The molecule has 2 heteroatoms. The van der Waals surface area contributed by atoms with Crippen molar-refractivity contribution in [1.29, 1.82) is 0 Å². The number of pyridine rings is 1. The van der Waals surface area contributed by atoms with E-state index in [2.05, 4.69) is 29.9 Å². The van der Waals surface area contributed by atoms with Crippen LogP contribution < -0.4 is 0 Å². The van der Waals surface area contributed by atoms with Gasteiger partial charge >= 0.3 is 0 Å². The number of likely N-dealkylation sites (tertiary alicyclic amines) is 1. The molecule has 2 rings (SSSR count). The van der Waals surface area contributed by atoms with E-state index in [1.807, 2.05) is 12.3 Å². The van der Waals surface area contributed by atoms with Crippen molar-refractivity contribution in [2.24, 2.45) is 0 Å². The van der Waals surface area contributed by atoms with E-state index < -0.39 is 0 Å². The van der Waals surface area contributed by atoms with Gasteiger partial charge in [0.2, 0.25) is 0 Å². The van der Waals surface area contributed by atoms with E-state index in [1.54, 1.807) is 0 Å². The van der Waals surface area contributed by atoms with E-state index in [0.29, 0.717) is 6.04 Å². The first kappa shape index (κ1) is 8.70. The molecule has 1 atom stereocenters. The number of rotatable bonds is 1. The van der Waals surface area contributed by atoms with Crippen molar-refractivity contribution in [2.45, 2.75) is 25.8 Å². The van der Waals surface area contributed by atoms with Crippen LogP contribution in [0.2, 0.25) is 0 Å². The Bertz CT molecular complexity index is 296. The van der Waals surface area contributed by atoms with Crippen LogP contribution in [0, 0.1) is 6.92 Å². The molecule has 1 aromatic rings. The van der Waals surface area contributed by atoms with E-state index >= 15 is 0 Å². The first-order valence-electron chi connectivity index (χ1n) is 4.91. The van der Waals surface area contributed by atoms with Crippen molar-refractivity contribution < 1.29 is 0 Å². The Balaban J connectivity index is 2.29. The number of nitrogens with zero attached hydrogens (tertiary/aromatic N) is 2. The first-order valence-corrected chi connectivity index (χ1v) is 4.91. The highest BCUT2D eigenvalue weighted by atomic mass is 15.2. The molecule has 1 aliphatic heterocycles. The second kappa shape index (κ2) is 3.46. The van der Waals surface area contributed by atoms with Gasteiger partial charge in [0.1, 0.15) is 0 Å². The fraction of sp³-hybridized carbons (Fsp3) is 0.545. The van der Waals surface area contributed by atoms with Gasteiger partial charge in [-0.25, -0.2) is 0 Å². The standard InChI is InChI=1S/C11H16N2/c1-9-5-3-7-12-11(9)10-6-4-8-13(10)2/h3,5,7,10H,4,6,8H2,1-2H3. The zero-order chi connectivity index (χ0) is 9.26. The monoisotopic (exact) mass is 176 g/mol. The molecule has 0 aliphatic carbocycles. The van der Waals surface area contributed by atoms with Crippen LogP contribution in [-0.2, 0) is 0 Å². The molecule has 70 valence electrons. The molecule has 0 N–H and O–H groups in total. The number of aromatic nitrogens is 1. The Kier molecular flexibility index (Phi) is 2.32. The van der Waals surface area contributed by atoms with Gasteiger partial charge in [0.25, 0.3) is 0 Å². The molecular formula is C11H16N2. The summed E-state index contributed by atoms with van der Waals surface area (Å²) in [5, 5.41) is 0. The van der Waals surface area contributed by atoms with Gasteiger partial charge in [0.05, 0.1) is 11.7 Å². The summed E-state index contributed by atoms with van der Waals surface area (Å²) < 4.78 is 0. The van der Waals surface area contributed by atoms with Crippen LogP contribution in [0.25, 0.3) is 0 Å². The average Bonchev–Trinajstić information content (AvgIpc) is 2.52. The maximum atomic E-state index is 4.47. The molecule has 0 spiro atoms. The fourth-order valence-corrected chi connectivity index (χ4v) is 2.10. The molecule has 0 saturated carbocycles. The minimum atomic E-state index is 0.557. The molecule has 1 aromatic heterocycles. The molecule has 0 bridgehead atoms. The largest absolute Gasteiger partial charge is 0.298 e. The molecule has 1 fully saturated rings. The van der Waals surface area contributed by atoms with Crippen LogP contribution in [0.3, 0.4) is 0 Å². The van der Waals surface area contributed by atoms with E-state index in [1.165, 1.54) is 30.6 Å². The summed E-state index contributed by atoms with van der Waals surface area (Å²) >= 11 is 0. The van der Waals surface area contributed by atoms with Gasteiger partial charge in [0.15, 0.2) is 0 Å². The summed E-state index contributed by atoms with van der Waals surface area (Å²) in [6, 6.07) is 4.71. The van der Waals surface area contributed by atoms with Crippen molar-refractivity contribution in [3.63, 3.8) is 0 Å². The number of aryl methyl sites for hydroxylation is 1. The second-order valence-corrected chi connectivity index (χ2v) is 3.84. The molecule has 2 heterocycles. The maximum absolute atomic E-state index is 4.47. The molecule has 2 nitrogen and oxygen atoms in total. The lowest BCUT2D eigenvalue weighted by atomic mass is 10.1. The average molecular weight is 176 g/mol. The summed E-state index contributed by atoms with van der Waals surface area (Å²) in [6.07, 6.45) is 4.46. The Labute approximate surface area is 79.6 Å². The van der Waals surface area contributed by atoms with Gasteiger partial charge in [0, 0.05) is 6.20 Å². The third-order valence-electron chi connectivity index (χ3n) is 2.89. The third-order valence-corrected chi connectivity index (χ3v) is 2.89. The predicted octanol–water partition coefficient (Wildman–Crippen LogP) is 2.16. The minimum Gasteiger partial charge on any atom is -0.298 e. The molecule has 0 radical (unpaired) electrons. The van der Waals surface area contributed by atoms with Gasteiger partial charge in [-0.2, -0.15) is 0 Å². The lowest BCUT2D eigenvalue weighted by molar-refractivity contribution is 0.311. The van der Waals surface area contributed by atoms with E-state index in [0.717, 1.165) is 0 Å². The molecule has 13 heavy (non-hydrogen) atoms. The lowest BCUT2D eigenvalue weighted by Gasteiger charge is -2.20. The highest BCUT2D eigenvalue weighted by Gasteiger charge is 2.24. The third kappa shape index (κ3) is 1.59. The van der Waals surface area contributed by atoms with Gasteiger partial charge in [-0.15, -0.1) is 0 Å². The van der Waals surface area contributed by atoms with Crippen molar-refractivity contribution in [2.75, 3.05) is 13.6 Å². The molecule has 1 aliphatic rings. The fourth-order valence-electron chi connectivity index (χ4n) is 2.10. The zero-order valence-corrected chi connectivity index (χ0v) is 8.33. The van der Waals surface area contributed by atoms with Crippen molar-refractivity contribution in [1.82, 2.24) is 9.88 Å². The Hall–Kier alpha value is -0.890. The van der Waals surface area contributed by atoms with Crippen LogP contribution in [0.5, 0.6) is 0 Å². The van der Waals surface area contributed by atoms with Crippen LogP contribution in [0.15, 0.2) is 18.3 Å². The zero-order valence-electron chi connectivity index (χ0n) is 8.33. The SMILES string of the molecule is Cc1cccnc1C1CCCN1C. The Morgan fingerprint density at radius 2 is 2.38 bits per heavy atom. The van der Waals surface area contributed by atoms with Crippen LogP contribution in [0.1, 0.15) is 30.1 Å². The lowest BCUT2D eigenvalue weighted by Crippen LogP contribution is -2.19. The van der Waals surface area contributed by atoms with Crippen LogP contribution in [0.4, 0.5) is 0 Å². The van der Waals surface area contributed by atoms with E-state index in [4.69, 9.17) is 0 Å². The molecular weight excluding hydrogens is 160 g/mol. The smallest absolute Gasteiger partial charge is 0.0604 e. The second-order valence-electron chi connectivity index (χ2n) is 3.84. The Morgan fingerprint density at radius 3 is 3.00 bits per heavy atom. The highest BCUT2D eigenvalue weighted by molar-refractivity contribution is 5.21. The van der Waals surface area contributed by atoms with Crippen LogP contribution in [-0.4, -0.2) is 23.5 Å². The molecule has 1 saturated heterocycles. The van der Waals surface area contributed by atoms with Gasteiger partial charge in [-0.3, -0.25) is 9.88 Å². The van der Waals surface area contributed by atoms with Crippen molar-refractivity contribution in [3.8, 4) is 0 Å². The van der Waals surface area contributed by atoms with E-state index in [9.17, 15) is 0 Å². The highest BCUT2D eigenvalue weighted by Crippen LogP contribution is 2.30. The summed E-state index contributed by atoms with van der Waals surface area (Å²) in [6.45, 7) is 3.36. The minimum absolute atomic E-state index is 0.557. The Morgan fingerprint density at radius 1 is 1.54 bits per heavy atom. The predicted molar refractivity (Wildman–Crippen MR) is 53.6 cm³/mol. The summed E-state index contributed by atoms with van der Waals surface area (Å²) in [7, 11) is 2.19. The van der Waals surface area contributed by atoms with Gasteiger partial charge in [-0.05, 0) is 45.0 Å². The van der Waals surface area contributed by atoms with Crippen molar-refractivity contribution >= 4 is 0 Å². The summed E-state index contributed by atoms with van der Waals surface area (Å²) in [5.74, 6) is 0. The molecule has 1 unspecified atom stereocenters. The quantitative estimate of drug-likeness (QED) is 0.652. The number of hydrogen-bond donors (Lipinski definition) is 0. The summed E-state index contributed by atoms with van der Waals surface area (Å²) in [4.78, 5) is 6.87.